The molecule has 1 aliphatic rings. The lowest BCUT2D eigenvalue weighted by molar-refractivity contribution is -0.141. The van der Waals surface area contributed by atoms with E-state index in [1.807, 2.05) is 60.7 Å². The maximum Gasteiger partial charge on any atom is 0.247 e. The van der Waals surface area contributed by atoms with Gasteiger partial charge in [-0.3, -0.25) is 9.59 Å². The SMILES string of the molecule is CCCCCNC(=O)[C@@H](c1ccccc1)N(Cc1ccccc1)C(=O)CCc1ccc(S(=O)(=O)N2CCCC2)cc1. The lowest BCUT2D eigenvalue weighted by atomic mass is 10.0. The number of aryl methyl sites for hydroxylation is 1. The van der Waals surface area contributed by atoms with Crippen LogP contribution in [0, 0.1) is 0 Å². The number of carbonyl (C=O) groups excluding carboxylic acids is 2. The van der Waals surface area contributed by atoms with E-state index in [-0.39, 0.29) is 23.1 Å². The van der Waals surface area contributed by atoms with E-state index < -0.39 is 16.1 Å². The highest BCUT2D eigenvalue weighted by Crippen LogP contribution is 2.26. The van der Waals surface area contributed by atoms with Crippen LogP contribution in [0.15, 0.2) is 89.8 Å². The van der Waals surface area contributed by atoms with Gasteiger partial charge in [-0.15, -0.1) is 0 Å². The van der Waals surface area contributed by atoms with Gasteiger partial charge in [-0.25, -0.2) is 8.42 Å². The van der Waals surface area contributed by atoms with Crippen LogP contribution in [0.25, 0.3) is 0 Å². The smallest absolute Gasteiger partial charge is 0.247 e. The second kappa shape index (κ2) is 14.9. The van der Waals surface area contributed by atoms with Gasteiger partial charge in [-0.2, -0.15) is 4.31 Å². The lowest BCUT2D eigenvalue weighted by Gasteiger charge is -2.32. The second-order valence-corrected chi connectivity index (χ2v) is 12.5. The number of hydrogen-bond donors (Lipinski definition) is 1. The maximum absolute atomic E-state index is 13.9. The minimum atomic E-state index is -3.48. The van der Waals surface area contributed by atoms with Crippen LogP contribution in [0.3, 0.4) is 0 Å². The first kappa shape index (κ1) is 30.5. The summed E-state index contributed by atoms with van der Waals surface area (Å²) in [5.74, 6) is -0.326. The van der Waals surface area contributed by atoms with Crippen LogP contribution < -0.4 is 5.32 Å². The van der Waals surface area contributed by atoms with Gasteiger partial charge in [0.1, 0.15) is 6.04 Å². The molecule has 218 valence electrons. The van der Waals surface area contributed by atoms with E-state index in [0.717, 1.165) is 48.8 Å². The average Bonchev–Trinajstić information content (AvgIpc) is 3.55. The fourth-order valence-corrected chi connectivity index (χ4v) is 6.71. The number of carbonyl (C=O) groups is 2. The monoisotopic (exact) mass is 575 g/mol. The van der Waals surface area contributed by atoms with Crippen molar-refractivity contribution < 1.29 is 18.0 Å². The zero-order valence-electron chi connectivity index (χ0n) is 23.9. The second-order valence-electron chi connectivity index (χ2n) is 10.6. The first-order valence-electron chi connectivity index (χ1n) is 14.7. The molecule has 0 spiro atoms. The fourth-order valence-electron chi connectivity index (χ4n) is 5.20. The molecular weight excluding hydrogens is 534 g/mol. The summed E-state index contributed by atoms with van der Waals surface area (Å²) in [4.78, 5) is 29.4. The third kappa shape index (κ3) is 8.27. The highest BCUT2D eigenvalue weighted by atomic mass is 32.2. The largest absolute Gasteiger partial charge is 0.354 e. The molecule has 1 N–H and O–H groups in total. The normalized spacial score (nSPS) is 14.5. The van der Waals surface area contributed by atoms with Crippen molar-refractivity contribution in [2.45, 2.75) is 69.4 Å². The van der Waals surface area contributed by atoms with Crippen molar-refractivity contribution in [2.75, 3.05) is 19.6 Å². The number of nitrogens with zero attached hydrogens (tertiary/aromatic N) is 2. The third-order valence-corrected chi connectivity index (χ3v) is 9.44. The summed E-state index contributed by atoms with van der Waals surface area (Å²) in [5, 5.41) is 3.06. The highest BCUT2D eigenvalue weighted by Gasteiger charge is 2.31. The van der Waals surface area contributed by atoms with Crippen molar-refractivity contribution in [1.82, 2.24) is 14.5 Å². The van der Waals surface area contributed by atoms with E-state index in [0.29, 0.717) is 32.6 Å². The number of amides is 2. The Morgan fingerprint density at radius 3 is 2.12 bits per heavy atom. The summed E-state index contributed by atoms with van der Waals surface area (Å²) in [6.45, 7) is 4.11. The van der Waals surface area contributed by atoms with Crippen molar-refractivity contribution in [1.29, 1.82) is 0 Å². The quantitative estimate of drug-likeness (QED) is 0.258. The Balaban J connectivity index is 1.53. The standard InChI is InChI=1S/C33H41N3O4S/c1-2-3-10-23-34-33(38)32(29-15-8-5-9-16-29)36(26-28-13-6-4-7-14-28)31(37)22-19-27-17-20-30(21-18-27)41(39,40)35-24-11-12-25-35/h4-9,13-18,20-21,32H,2-3,10-12,19,22-26H2,1H3,(H,34,38)/t32-/m1/s1. The van der Waals surface area contributed by atoms with E-state index in [1.54, 1.807) is 29.2 Å². The number of hydrogen-bond acceptors (Lipinski definition) is 4. The Morgan fingerprint density at radius 1 is 0.854 bits per heavy atom. The van der Waals surface area contributed by atoms with Gasteiger partial charge in [-0.1, -0.05) is 92.6 Å². The van der Waals surface area contributed by atoms with Crippen molar-refractivity contribution in [3.8, 4) is 0 Å². The molecule has 8 heteroatoms. The fraction of sp³-hybridized carbons (Fsp3) is 0.394. The van der Waals surface area contributed by atoms with E-state index in [4.69, 9.17) is 0 Å². The van der Waals surface area contributed by atoms with Crippen LogP contribution in [0.4, 0.5) is 0 Å². The molecule has 0 bridgehead atoms. The van der Waals surface area contributed by atoms with Crippen LogP contribution in [0.2, 0.25) is 0 Å². The number of rotatable bonds is 14. The molecule has 1 aliphatic heterocycles. The van der Waals surface area contributed by atoms with E-state index in [2.05, 4.69) is 12.2 Å². The predicted molar refractivity (Wildman–Crippen MR) is 161 cm³/mol. The summed E-state index contributed by atoms with van der Waals surface area (Å²) in [6.07, 6.45) is 5.38. The molecule has 7 nitrogen and oxygen atoms in total. The third-order valence-electron chi connectivity index (χ3n) is 7.52. The zero-order valence-corrected chi connectivity index (χ0v) is 24.7. The molecule has 1 fully saturated rings. The highest BCUT2D eigenvalue weighted by molar-refractivity contribution is 7.89. The van der Waals surface area contributed by atoms with Crippen molar-refractivity contribution in [2.24, 2.45) is 0 Å². The van der Waals surface area contributed by atoms with Gasteiger partial charge in [0.05, 0.1) is 4.90 Å². The van der Waals surface area contributed by atoms with E-state index in [1.165, 1.54) is 4.31 Å². The first-order chi connectivity index (χ1) is 19.9. The first-order valence-corrected chi connectivity index (χ1v) is 16.1. The van der Waals surface area contributed by atoms with E-state index >= 15 is 0 Å². The summed E-state index contributed by atoms with van der Waals surface area (Å²) < 4.78 is 27.3. The van der Waals surface area contributed by atoms with Gasteiger partial charge in [0, 0.05) is 32.6 Å². The Bertz CT molecular complexity index is 1360. The molecule has 1 saturated heterocycles. The van der Waals surface area contributed by atoms with Crippen molar-refractivity contribution in [3.05, 3.63) is 102 Å². The summed E-state index contributed by atoms with van der Waals surface area (Å²) in [5.41, 5.74) is 2.58. The topological polar surface area (TPSA) is 86.8 Å². The molecule has 3 aromatic rings. The molecule has 41 heavy (non-hydrogen) atoms. The zero-order chi connectivity index (χ0) is 29.1. The molecule has 0 saturated carbocycles. The molecular formula is C33H41N3O4S. The number of benzene rings is 3. The van der Waals surface area contributed by atoms with Crippen LogP contribution in [-0.4, -0.2) is 49.1 Å². The molecule has 0 aromatic heterocycles. The van der Waals surface area contributed by atoms with Crippen molar-refractivity contribution in [3.63, 3.8) is 0 Å². The predicted octanol–water partition coefficient (Wildman–Crippen LogP) is 5.48. The van der Waals surface area contributed by atoms with Gasteiger partial charge >= 0.3 is 0 Å². The molecule has 0 unspecified atom stereocenters. The molecule has 3 aromatic carbocycles. The molecule has 0 radical (unpaired) electrons. The van der Waals surface area contributed by atoms with E-state index in [9.17, 15) is 18.0 Å². The van der Waals surface area contributed by atoms with Crippen LogP contribution >= 0.6 is 0 Å². The van der Waals surface area contributed by atoms with Crippen LogP contribution in [0.5, 0.6) is 0 Å². The van der Waals surface area contributed by atoms with Crippen LogP contribution in [-0.2, 0) is 32.6 Å². The number of sulfonamides is 1. The summed E-state index contributed by atoms with van der Waals surface area (Å²) in [6, 6.07) is 25.2. The molecule has 1 atom stereocenters. The minimum absolute atomic E-state index is 0.139. The average molecular weight is 576 g/mol. The van der Waals surface area contributed by atoms with Gasteiger partial charge in [0.2, 0.25) is 21.8 Å². The Hall–Kier alpha value is -3.49. The van der Waals surface area contributed by atoms with Crippen molar-refractivity contribution >= 4 is 21.8 Å². The summed E-state index contributed by atoms with van der Waals surface area (Å²) >= 11 is 0. The number of unbranched alkanes of at least 4 members (excludes halogenated alkanes) is 2. The lowest BCUT2D eigenvalue weighted by Crippen LogP contribution is -2.43. The summed E-state index contributed by atoms with van der Waals surface area (Å²) in [7, 11) is -3.48. The van der Waals surface area contributed by atoms with Gasteiger partial charge in [-0.05, 0) is 54.5 Å². The molecule has 2 amide bonds. The van der Waals surface area contributed by atoms with Gasteiger partial charge in [0.15, 0.2) is 0 Å². The molecule has 1 heterocycles. The maximum atomic E-state index is 13.9. The van der Waals surface area contributed by atoms with Gasteiger partial charge in [0.25, 0.3) is 0 Å². The molecule has 0 aliphatic carbocycles. The Morgan fingerprint density at radius 2 is 1.49 bits per heavy atom. The number of nitrogens with one attached hydrogen (secondary N) is 1. The van der Waals surface area contributed by atoms with Gasteiger partial charge < -0.3 is 10.2 Å². The Kier molecular flexibility index (Phi) is 11.1. The van der Waals surface area contributed by atoms with Crippen LogP contribution in [0.1, 0.15) is 68.2 Å². The minimum Gasteiger partial charge on any atom is -0.354 e. The Labute approximate surface area is 244 Å². The molecule has 4 rings (SSSR count).